The molecule has 3 rings (SSSR count). The first kappa shape index (κ1) is 13.1. The Morgan fingerprint density at radius 3 is 2.75 bits per heavy atom. The van der Waals surface area contributed by atoms with Gasteiger partial charge < -0.3 is 10.3 Å². The molecule has 0 unspecified atom stereocenters. The van der Waals surface area contributed by atoms with Crippen LogP contribution in [0, 0.1) is 6.92 Å². The molecule has 20 heavy (non-hydrogen) atoms. The SMILES string of the molecule is Cc1nnc(Sc2cc(CN)c3ccccc3n2)n1C. The van der Waals surface area contributed by atoms with Gasteiger partial charge in [-0.2, -0.15) is 0 Å². The van der Waals surface area contributed by atoms with E-state index in [0.717, 1.165) is 32.5 Å². The average molecular weight is 285 g/mol. The Hall–Kier alpha value is -1.92. The quantitative estimate of drug-likeness (QED) is 0.799. The molecule has 3 aromatic rings. The van der Waals surface area contributed by atoms with E-state index < -0.39 is 0 Å². The van der Waals surface area contributed by atoms with E-state index in [1.54, 1.807) is 0 Å². The molecule has 0 amide bonds. The summed E-state index contributed by atoms with van der Waals surface area (Å²) in [5.74, 6) is 0.882. The van der Waals surface area contributed by atoms with Gasteiger partial charge in [-0.05, 0) is 36.4 Å². The summed E-state index contributed by atoms with van der Waals surface area (Å²) in [5, 5.41) is 11.0. The molecular weight excluding hydrogens is 270 g/mol. The normalized spacial score (nSPS) is 11.2. The van der Waals surface area contributed by atoms with Crippen LogP contribution >= 0.6 is 11.8 Å². The third kappa shape index (κ3) is 2.28. The molecule has 2 heterocycles. The maximum Gasteiger partial charge on any atom is 0.197 e. The second-order valence-electron chi connectivity index (χ2n) is 4.53. The lowest BCUT2D eigenvalue weighted by atomic mass is 10.1. The van der Waals surface area contributed by atoms with Gasteiger partial charge in [-0.15, -0.1) is 10.2 Å². The van der Waals surface area contributed by atoms with Crippen LogP contribution in [0.2, 0.25) is 0 Å². The van der Waals surface area contributed by atoms with Crippen molar-refractivity contribution in [3.05, 3.63) is 41.7 Å². The van der Waals surface area contributed by atoms with Crippen molar-refractivity contribution < 1.29 is 0 Å². The second-order valence-corrected chi connectivity index (χ2v) is 5.52. The second kappa shape index (κ2) is 5.22. The van der Waals surface area contributed by atoms with Gasteiger partial charge in [-0.25, -0.2) is 4.98 Å². The Balaban J connectivity index is 2.06. The molecule has 2 aromatic heterocycles. The van der Waals surface area contributed by atoms with Crippen LogP contribution < -0.4 is 5.73 Å². The van der Waals surface area contributed by atoms with Crippen molar-refractivity contribution in [3.8, 4) is 0 Å². The van der Waals surface area contributed by atoms with Crippen molar-refractivity contribution in [1.29, 1.82) is 0 Å². The lowest BCUT2D eigenvalue weighted by molar-refractivity contribution is 0.764. The van der Waals surface area contributed by atoms with Crippen molar-refractivity contribution >= 4 is 22.7 Å². The number of hydrogen-bond acceptors (Lipinski definition) is 5. The van der Waals surface area contributed by atoms with E-state index >= 15 is 0 Å². The van der Waals surface area contributed by atoms with Crippen LogP contribution in [-0.2, 0) is 13.6 Å². The first-order valence-electron chi connectivity index (χ1n) is 6.31. The third-order valence-corrected chi connectivity index (χ3v) is 4.20. The Bertz CT molecular complexity index is 765. The van der Waals surface area contributed by atoms with E-state index in [-0.39, 0.29) is 0 Å². The molecule has 0 saturated heterocycles. The molecule has 0 aliphatic rings. The molecular formula is C14H15N5S. The zero-order valence-electron chi connectivity index (χ0n) is 11.4. The Kier molecular flexibility index (Phi) is 3.42. The largest absolute Gasteiger partial charge is 0.326 e. The molecule has 102 valence electrons. The number of aryl methyl sites for hydroxylation is 1. The van der Waals surface area contributed by atoms with Gasteiger partial charge in [0, 0.05) is 19.0 Å². The van der Waals surface area contributed by atoms with Gasteiger partial charge in [-0.3, -0.25) is 0 Å². The molecule has 0 aliphatic heterocycles. The van der Waals surface area contributed by atoms with E-state index in [1.807, 2.05) is 48.9 Å². The zero-order valence-corrected chi connectivity index (χ0v) is 12.2. The summed E-state index contributed by atoms with van der Waals surface area (Å²) in [6, 6.07) is 10.1. The summed E-state index contributed by atoms with van der Waals surface area (Å²) in [6.45, 7) is 2.42. The van der Waals surface area contributed by atoms with Crippen molar-refractivity contribution in [2.75, 3.05) is 0 Å². The summed E-state index contributed by atoms with van der Waals surface area (Å²) in [5.41, 5.74) is 7.89. The summed E-state index contributed by atoms with van der Waals surface area (Å²) in [6.07, 6.45) is 0. The maximum absolute atomic E-state index is 5.84. The predicted molar refractivity (Wildman–Crippen MR) is 79.5 cm³/mol. The van der Waals surface area contributed by atoms with Gasteiger partial charge >= 0.3 is 0 Å². The number of pyridine rings is 1. The number of para-hydroxylation sites is 1. The molecule has 0 fully saturated rings. The van der Waals surface area contributed by atoms with E-state index in [0.29, 0.717) is 6.54 Å². The number of rotatable bonds is 3. The van der Waals surface area contributed by atoms with Gasteiger partial charge in [-0.1, -0.05) is 18.2 Å². The number of hydrogen-bond donors (Lipinski definition) is 1. The minimum atomic E-state index is 0.494. The number of benzene rings is 1. The summed E-state index contributed by atoms with van der Waals surface area (Å²) in [7, 11) is 1.95. The molecule has 0 spiro atoms. The lowest BCUT2D eigenvalue weighted by Crippen LogP contribution is -2.00. The first-order chi connectivity index (χ1) is 9.69. The molecule has 0 radical (unpaired) electrons. The summed E-state index contributed by atoms with van der Waals surface area (Å²) >= 11 is 1.50. The Labute approximate surface area is 121 Å². The molecule has 0 aliphatic carbocycles. The van der Waals surface area contributed by atoms with Crippen molar-refractivity contribution in [3.63, 3.8) is 0 Å². The van der Waals surface area contributed by atoms with Gasteiger partial charge in [0.2, 0.25) is 0 Å². The van der Waals surface area contributed by atoms with Crippen LogP contribution in [0.15, 0.2) is 40.5 Å². The van der Waals surface area contributed by atoms with Gasteiger partial charge in [0.25, 0.3) is 0 Å². The lowest BCUT2D eigenvalue weighted by Gasteiger charge is -2.07. The van der Waals surface area contributed by atoms with Crippen molar-refractivity contribution in [2.45, 2.75) is 23.7 Å². The Morgan fingerprint density at radius 1 is 1.25 bits per heavy atom. The van der Waals surface area contributed by atoms with Gasteiger partial charge in [0.05, 0.1) is 5.52 Å². The number of nitrogens with two attached hydrogens (primary N) is 1. The summed E-state index contributed by atoms with van der Waals surface area (Å²) < 4.78 is 1.95. The Morgan fingerprint density at radius 2 is 2.05 bits per heavy atom. The fourth-order valence-electron chi connectivity index (χ4n) is 2.01. The summed E-state index contributed by atoms with van der Waals surface area (Å²) in [4.78, 5) is 4.66. The number of nitrogens with zero attached hydrogens (tertiary/aromatic N) is 4. The highest BCUT2D eigenvalue weighted by molar-refractivity contribution is 7.99. The molecule has 6 heteroatoms. The van der Waals surface area contributed by atoms with E-state index in [2.05, 4.69) is 15.2 Å². The fourth-order valence-corrected chi connectivity index (χ4v) is 2.89. The molecule has 5 nitrogen and oxygen atoms in total. The molecule has 0 atom stereocenters. The third-order valence-electron chi connectivity index (χ3n) is 3.25. The monoisotopic (exact) mass is 285 g/mol. The minimum Gasteiger partial charge on any atom is -0.326 e. The molecule has 0 saturated carbocycles. The van der Waals surface area contributed by atoms with Crippen LogP contribution in [0.1, 0.15) is 11.4 Å². The number of fused-ring (bicyclic) bond motifs is 1. The van der Waals surface area contributed by atoms with Crippen LogP contribution in [0.5, 0.6) is 0 Å². The predicted octanol–water partition coefficient (Wildman–Crippen LogP) is 2.28. The standard InChI is InChI=1S/C14H15N5S/c1-9-17-18-14(19(9)2)20-13-7-10(8-15)11-5-3-4-6-12(11)16-13/h3-7H,8,15H2,1-2H3. The van der Waals surface area contributed by atoms with Crippen molar-refractivity contribution in [1.82, 2.24) is 19.7 Å². The highest BCUT2D eigenvalue weighted by Crippen LogP contribution is 2.28. The van der Waals surface area contributed by atoms with E-state index in [4.69, 9.17) is 5.73 Å². The molecule has 0 bridgehead atoms. The maximum atomic E-state index is 5.84. The molecule has 2 N–H and O–H groups in total. The average Bonchev–Trinajstić information content (AvgIpc) is 2.78. The topological polar surface area (TPSA) is 69.6 Å². The van der Waals surface area contributed by atoms with Gasteiger partial charge in [0.1, 0.15) is 10.9 Å². The van der Waals surface area contributed by atoms with Crippen LogP contribution in [0.4, 0.5) is 0 Å². The first-order valence-corrected chi connectivity index (χ1v) is 7.13. The number of aromatic nitrogens is 4. The molecule has 1 aromatic carbocycles. The highest BCUT2D eigenvalue weighted by atomic mass is 32.2. The van der Waals surface area contributed by atoms with Gasteiger partial charge in [0.15, 0.2) is 5.16 Å². The fraction of sp³-hybridized carbons (Fsp3) is 0.214. The highest BCUT2D eigenvalue weighted by Gasteiger charge is 2.10. The van der Waals surface area contributed by atoms with E-state index in [1.165, 1.54) is 11.8 Å². The van der Waals surface area contributed by atoms with Crippen LogP contribution in [-0.4, -0.2) is 19.7 Å². The van der Waals surface area contributed by atoms with Crippen LogP contribution in [0.3, 0.4) is 0 Å². The minimum absolute atomic E-state index is 0.494. The zero-order chi connectivity index (χ0) is 14.1. The van der Waals surface area contributed by atoms with E-state index in [9.17, 15) is 0 Å². The smallest absolute Gasteiger partial charge is 0.197 e. The van der Waals surface area contributed by atoms with Crippen LogP contribution in [0.25, 0.3) is 10.9 Å². The van der Waals surface area contributed by atoms with Crippen molar-refractivity contribution in [2.24, 2.45) is 12.8 Å².